The second-order valence-corrected chi connectivity index (χ2v) is 6.06. The third kappa shape index (κ3) is 3.70. The molecule has 1 aliphatic heterocycles. The molecule has 0 unspecified atom stereocenters. The monoisotopic (exact) mass is 325 g/mol. The summed E-state index contributed by atoms with van der Waals surface area (Å²) in [6, 6.07) is 9.83. The second-order valence-electron chi connectivity index (χ2n) is 6.06. The minimum Gasteiger partial charge on any atom is -0.494 e. The fourth-order valence-electron chi connectivity index (χ4n) is 2.91. The lowest BCUT2D eigenvalue weighted by molar-refractivity contribution is 0.317. The van der Waals surface area contributed by atoms with Gasteiger partial charge in [-0.25, -0.2) is 0 Å². The highest BCUT2D eigenvalue weighted by atomic mass is 16.5. The van der Waals surface area contributed by atoms with E-state index in [9.17, 15) is 5.26 Å². The molecule has 0 amide bonds. The lowest BCUT2D eigenvalue weighted by atomic mass is 10.2. The van der Waals surface area contributed by atoms with E-state index in [1.54, 1.807) is 0 Å². The van der Waals surface area contributed by atoms with Crippen LogP contribution in [-0.2, 0) is 0 Å². The SMILES string of the molecule is CCCOc1ccc(-c2nc(C#N)c(N3CCCCCC3)o2)cc1. The standard InChI is InChI=1S/C19H23N3O2/c1-2-13-23-16-9-7-15(8-10-16)18-21-17(14-20)19(24-18)22-11-5-3-4-6-12-22/h7-10H,2-6,11-13H2,1H3. The zero-order chi connectivity index (χ0) is 16.8. The van der Waals surface area contributed by atoms with Crippen LogP contribution in [0.5, 0.6) is 5.75 Å². The number of nitriles is 1. The Kier molecular flexibility index (Phi) is 5.37. The number of benzene rings is 1. The highest BCUT2D eigenvalue weighted by Crippen LogP contribution is 2.30. The summed E-state index contributed by atoms with van der Waals surface area (Å²) in [5, 5.41) is 9.40. The highest BCUT2D eigenvalue weighted by Gasteiger charge is 2.21. The molecular weight excluding hydrogens is 302 g/mol. The van der Waals surface area contributed by atoms with Gasteiger partial charge in [0.25, 0.3) is 0 Å². The zero-order valence-electron chi connectivity index (χ0n) is 14.1. The van der Waals surface area contributed by atoms with Crippen molar-refractivity contribution >= 4 is 5.88 Å². The quantitative estimate of drug-likeness (QED) is 0.816. The maximum absolute atomic E-state index is 9.40. The average molecular weight is 325 g/mol. The van der Waals surface area contributed by atoms with Crippen LogP contribution in [0.4, 0.5) is 5.88 Å². The number of nitrogens with zero attached hydrogens (tertiary/aromatic N) is 3. The largest absolute Gasteiger partial charge is 0.494 e. The number of hydrogen-bond donors (Lipinski definition) is 0. The first-order valence-electron chi connectivity index (χ1n) is 8.71. The number of aromatic nitrogens is 1. The highest BCUT2D eigenvalue weighted by molar-refractivity contribution is 5.60. The van der Waals surface area contributed by atoms with Crippen molar-refractivity contribution in [1.82, 2.24) is 4.98 Å². The van der Waals surface area contributed by atoms with E-state index in [1.807, 2.05) is 24.3 Å². The minimum atomic E-state index is 0.373. The normalized spacial score (nSPS) is 14.9. The predicted molar refractivity (Wildman–Crippen MR) is 93.1 cm³/mol. The topological polar surface area (TPSA) is 62.3 Å². The molecule has 5 heteroatoms. The Morgan fingerprint density at radius 2 is 1.88 bits per heavy atom. The van der Waals surface area contributed by atoms with Crippen molar-refractivity contribution in [3.63, 3.8) is 0 Å². The maximum atomic E-state index is 9.40. The van der Waals surface area contributed by atoms with Crippen molar-refractivity contribution in [2.24, 2.45) is 0 Å². The van der Waals surface area contributed by atoms with Gasteiger partial charge in [0.1, 0.15) is 11.8 Å². The van der Waals surface area contributed by atoms with Gasteiger partial charge in [-0.1, -0.05) is 19.8 Å². The van der Waals surface area contributed by atoms with Crippen molar-refractivity contribution in [3.05, 3.63) is 30.0 Å². The van der Waals surface area contributed by atoms with Gasteiger partial charge in [-0.05, 0) is 43.5 Å². The third-order valence-electron chi connectivity index (χ3n) is 4.18. The lowest BCUT2D eigenvalue weighted by Crippen LogP contribution is -2.24. The van der Waals surface area contributed by atoms with Gasteiger partial charge < -0.3 is 14.1 Å². The molecule has 0 atom stereocenters. The molecule has 0 saturated carbocycles. The molecular formula is C19H23N3O2. The molecule has 0 N–H and O–H groups in total. The summed E-state index contributed by atoms with van der Waals surface area (Å²) in [7, 11) is 0. The van der Waals surface area contributed by atoms with Gasteiger partial charge in [0.05, 0.1) is 6.61 Å². The number of hydrogen-bond acceptors (Lipinski definition) is 5. The van der Waals surface area contributed by atoms with E-state index in [0.29, 0.717) is 24.1 Å². The summed E-state index contributed by atoms with van der Waals surface area (Å²) >= 11 is 0. The molecule has 24 heavy (non-hydrogen) atoms. The van der Waals surface area contributed by atoms with Crippen LogP contribution in [0.1, 0.15) is 44.7 Å². The average Bonchev–Trinajstić information content (AvgIpc) is 2.87. The van der Waals surface area contributed by atoms with Crippen LogP contribution in [0, 0.1) is 11.3 Å². The minimum absolute atomic E-state index is 0.373. The molecule has 0 radical (unpaired) electrons. The van der Waals surface area contributed by atoms with E-state index in [4.69, 9.17) is 9.15 Å². The van der Waals surface area contributed by atoms with Crippen molar-refractivity contribution in [2.45, 2.75) is 39.0 Å². The number of oxazole rings is 1. The predicted octanol–water partition coefficient (Wildman–Crippen LogP) is 4.38. The first kappa shape index (κ1) is 16.4. The third-order valence-corrected chi connectivity index (χ3v) is 4.18. The van der Waals surface area contributed by atoms with Crippen molar-refractivity contribution in [2.75, 3.05) is 24.6 Å². The molecule has 1 saturated heterocycles. The lowest BCUT2D eigenvalue weighted by Gasteiger charge is -2.18. The van der Waals surface area contributed by atoms with Crippen LogP contribution in [0.25, 0.3) is 11.5 Å². The first-order valence-corrected chi connectivity index (χ1v) is 8.71. The molecule has 1 fully saturated rings. The Balaban J connectivity index is 1.82. The molecule has 0 aliphatic carbocycles. The summed E-state index contributed by atoms with van der Waals surface area (Å²) in [5.74, 6) is 1.94. The fraction of sp³-hybridized carbons (Fsp3) is 0.474. The van der Waals surface area contributed by atoms with Crippen LogP contribution in [0.15, 0.2) is 28.7 Å². The van der Waals surface area contributed by atoms with Gasteiger partial charge in [-0.3, -0.25) is 0 Å². The summed E-state index contributed by atoms with van der Waals surface area (Å²) < 4.78 is 11.6. The maximum Gasteiger partial charge on any atom is 0.235 e. The van der Waals surface area contributed by atoms with Gasteiger partial charge >= 0.3 is 0 Å². The Bertz CT molecular complexity index is 692. The van der Waals surface area contributed by atoms with E-state index in [1.165, 1.54) is 12.8 Å². The molecule has 126 valence electrons. The Labute approximate surface area is 142 Å². The van der Waals surface area contributed by atoms with Crippen molar-refractivity contribution < 1.29 is 9.15 Å². The van der Waals surface area contributed by atoms with Crippen LogP contribution < -0.4 is 9.64 Å². The van der Waals surface area contributed by atoms with Gasteiger partial charge in [-0.15, -0.1) is 0 Å². The Hall–Kier alpha value is -2.48. The smallest absolute Gasteiger partial charge is 0.235 e. The number of anilines is 1. The number of rotatable bonds is 5. The molecule has 1 aromatic heterocycles. The Morgan fingerprint density at radius 3 is 2.50 bits per heavy atom. The molecule has 2 heterocycles. The van der Waals surface area contributed by atoms with E-state index in [0.717, 1.165) is 43.7 Å². The van der Waals surface area contributed by atoms with E-state index >= 15 is 0 Å². The van der Waals surface area contributed by atoms with Crippen LogP contribution in [0.3, 0.4) is 0 Å². The summed E-state index contributed by atoms with van der Waals surface area (Å²) in [5.41, 5.74) is 1.23. The zero-order valence-corrected chi connectivity index (χ0v) is 14.1. The molecule has 0 spiro atoms. The van der Waals surface area contributed by atoms with Gasteiger partial charge in [0.2, 0.25) is 17.5 Å². The van der Waals surface area contributed by atoms with Crippen LogP contribution >= 0.6 is 0 Å². The van der Waals surface area contributed by atoms with Crippen molar-refractivity contribution in [1.29, 1.82) is 5.26 Å². The molecule has 1 aromatic carbocycles. The Morgan fingerprint density at radius 1 is 1.17 bits per heavy atom. The van der Waals surface area contributed by atoms with Gasteiger partial charge in [-0.2, -0.15) is 10.2 Å². The van der Waals surface area contributed by atoms with Crippen LogP contribution in [-0.4, -0.2) is 24.7 Å². The molecule has 5 nitrogen and oxygen atoms in total. The first-order chi connectivity index (χ1) is 11.8. The molecule has 0 bridgehead atoms. The van der Waals surface area contributed by atoms with Gasteiger partial charge in [0, 0.05) is 18.7 Å². The summed E-state index contributed by atoms with van der Waals surface area (Å²) in [4.78, 5) is 6.54. The van der Waals surface area contributed by atoms with E-state index < -0.39 is 0 Å². The number of ether oxygens (including phenoxy) is 1. The molecule has 1 aliphatic rings. The fourth-order valence-corrected chi connectivity index (χ4v) is 2.91. The van der Waals surface area contributed by atoms with E-state index in [-0.39, 0.29) is 0 Å². The molecule has 3 rings (SSSR count). The van der Waals surface area contributed by atoms with Gasteiger partial charge in [0.15, 0.2) is 0 Å². The van der Waals surface area contributed by atoms with Crippen molar-refractivity contribution in [3.8, 4) is 23.3 Å². The van der Waals surface area contributed by atoms with Crippen LogP contribution in [0.2, 0.25) is 0 Å². The summed E-state index contributed by atoms with van der Waals surface area (Å²) in [6.07, 6.45) is 5.71. The molecule has 2 aromatic rings. The second kappa shape index (κ2) is 7.87. The van der Waals surface area contributed by atoms with E-state index in [2.05, 4.69) is 22.9 Å². The summed E-state index contributed by atoms with van der Waals surface area (Å²) in [6.45, 7) is 4.63.